The zero-order valence-corrected chi connectivity index (χ0v) is 21.4. The molecule has 0 aliphatic rings. The van der Waals surface area contributed by atoms with Crippen LogP contribution in [-0.4, -0.2) is 52.7 Å². The van der Waals surface area contributed by atoms with Gasteiger partial charge in [-0.05, 0) is 39.8 Å². The molecule has 0 radical (unpaired) electrons. The second-order valence-electron chi connectivity index (χ2n) is 8.89. The lowest BCUT2D eigenvalue weighted by Crippen LogP contribution is -2.30. The van der Waals surface area contributed by atoms with Crippen molar-refractivity contribution in [3.05, 3.63) is 112 Å². The molecule has 5 rings (SSSR count). The summed E-state index contributed by atoms with van der Waals surface area (Å²) in [6.45, 7) is 1.83. The SMILES string of the molecule is COCCN(C)C(=O)c1c[nH]cc1C(c1cccc2ccccc12)c1cncn1CCc1cccs1. The Labute approximate surface area is 215 Å². The van der Waals surface area contributed by atoms with E-state index in [9.17, 15) is 4.79 Å². The van der Waals surface area contributed by atoms with E-state index in [0.717, 1.165) is 29.8 Å². The third kappa shape index (κ3) is 4.85. The standard InChI is InChI=1S/C29H30N4O2S/c1-32(14-15-35-2)29(34)26-18-30-17-25(26)28(24-11-5-8-21-7-3-4-10-23(21)24)27-19-31-20-33(27)13-12-22-9-6-16-36-22/h3-11,16-20,28,30H,12-15H2,1-2H3. The highest BCUT2D eigenvalue weighted by molar-refractivity contribution is 7.09. The summed E-state index contributed by atoms with van der Waals surface area (Å²) in [4.78, 5) is 24.3. The van der Waals surface area contributed by atoms with Gasteiger partial charge in [0.05, 0.1) is 24.4 Å². The average molecular weight is 499 g/mol. The van der Waals surface area contributed by atoms with Gasteiger partial charge in [0, 0.05) is 56.4 Å². The molecule has 1 atom stereocenters. The van der Waals surface area contributed by atoms with Gasteiger partial charge in [-0.1, -0.05) is 48.5 Å². The number of carbonyl (C=O) groups excluding carboxylic acids is 1. The summed E-state index contributed by atoms with van der Waals surface area (Å²) in [5.41, 5.74) is 3.83. The minimum atomic E-state index is -0.164. The number of ether oxygens (including phenoxy) is 1. The number of rotatable bonds is 10. The molecule has 0 bridgehead atoms. The molecule has 6 nitrogen and oxygen atoms in total. The first kappa shape index (κ1) is 24.0. The van der Waals surface area contributed by atoms with E-state index in [-0.39, 0.29) is 11.8 Å². The van der Waals surface area contributed by atoms with Crippen LogP contribution in [-0.2, 0) is 17.7 Å². The summed E-state index contributed by atoms with van der Waals surface area (Å²) < 4.78 is 7.42. The van der Waals surface area contributed by atoms with E-state index in [1.54, 1.807) is 23.3 Å². The number of aromatic amines is 1. The fraction of sp³-hybridized carbons (Fsp3) is 0.241. The molecule has 0 fully saturated rings. The number of nitrogens with one attached hydrogen (secondary N) is 1. The van der Waals surface area contributed by atoms with Crippen LogP contribution in [0.3, 0.4) is 0 Å². The van der Waals surface area contributed by atoms with E-state index in [0.29, 0.717) is 18.7 Å². The van der Waals surface area contributed by atoms with Crippen molar-refractivity contribution in [3.63, 3.8) is 0 Å². The zero-order valence-electron chi connectivity index (χ0n) is 20.6. The maximum Gasteiger partial charge on any atom is 0.255 e. The monoisotopic (exact) mass is 498 g/mol. The van der Waals surface area contributed by atoms with E-state index < -0.39 is 0 Å². The van der Waals surface area contributed by atoms with Crippen molar-refractivity contribution in [1.82, 2.24) is 19.4 Å². The van der Waals surface area contributed by atoms with Crippen molar-refractivity contribution < 1.29 is 9.53 Å². The molecule has 2 aromatic carbocycles. The zero-order chi connectivity index (χ0) is 24.9. The average Bonchev–Trinajstić information content (AvgIpc) is 3.69. The molecule has 1 N–H and O–H groups in total. The quantitative estimate of drug-likeness (QED) is 0.274. The topological polar surface area (TPSA) is 63.1 Å². The third-order valence-corrected chi connectivity index (χ3v) is 7.59. The number of methoxy groups -OCH3 is 1. The number of likely N-dealkylation sites (N-methyl/N-ethyl adjacent to an activating group) is 1. The van der Waals surface area contributed by atoms with E-state index in [2.05, 4.69) is 74.5 Å². The van der Waals surface area contributed by atoms with Crippen LogP contribution in [0.1, 0.15) is 38.0 Å². The van der Waals surface area contributed by atoms with Crippen molar-refractivity contribution in [3.8, 4) is 0 Å². The number of hydrogen-bond donors (Lipinski definition) is 1. The van der Waals surface area contributed by atoms with Crippen molar-refractivity contribution >= 4 is 28.0 Å². The van der Waals surface area contributed by atoms with Crippen LogP contribution in [0.4, 0.5) is 0 Å². The summed E-state index contributed by atoms with van der Waals surface area (Å²) in [6.07, 6.45) is 8.55. The summed E-state index contributed by atoms with van der Waals surface area (Å²) >= 11 is 1.77. The maximum atomic E-state index is 13.5. The van der Waals surface area contributed by atoms with Gasteiger partial charge < -0.3 is 19.2 Å². The van der Waals surface area contributed by atoms with E-state index in [1.165, 1.54) is 15.6 Å². The van der Waals surface area contributed by atoms with Crippen molar-refractivity contribution in [1.29, 1.82) is 0 Å². The summed E-state index contributed by atoms with van der Waals surface area (Å²) in [6, 6.07) is 19.1. The first-order valence-corrected chi connectivity index (χ1v) is 13.0. The lowest BCUT2D eigenvalue weighted by atomic mass is 9.85. The summed E-state index contributed by atoms with van der Waals surface area (Å²) in [5, 5.41) is 4.45. The predicted octanol–water partition coefficient (Wildman–Crippen LogP) is 5.57. The van der Waals surface area contributed by atoms with E-state index >= 15 is 0 Å². The van der Waals surface area contributed by atoms with Crippen LogP contribution in [0.25, 0.3) is 10.8 Å². The molecule has 3 heterocycles. The van der Waals surface area contributed by atoms with Gasteiger partial charge in [0.25, 0.3) is 5.91 Å². The van der Waals surface area contributed by atoms with Gasteiger partial charge in [0.1, 0.15) is 0 Å². The molecule has 184 valence electrons. The van der Waals surface area contributed by atoms with Crippen LogP contribution in [0, 0.1) is 0 Å². The number of carbonyl (C=O) groups is 1. The number of aromatic nitrogens is 3. The Hall–Kier alpha value is -3.68. The normalized spacial score (nSPS) is 12.2. The predicted molar refractivity (Wildman–Crippen MR) is 145 cm³/mol. The number of benzene rings is 2. The fourth-order valence-corrected chi connectivity index (χ4v) is 5.47. The van der Waals surface area contributed by atoms with Crippen LogP contribution >= 0.6 is 11.3 Å². The third-order valence-electron chi connectivity index (χ3n) is 6.65. The molecular formula is C29H30N4O2S. The number of fused-ring (bicyclic) bond motifs is 1. The number of hydrogen-bond acceptors (Lipinski definition) is 4. The van der Waals surface area contributed by atoms with Crippen molar-refractivity contribution in [2.75, 3.05) is 27.3 Å². The molecule has 0 spiro atoms. The largest absolute Gasteiger partial charge is 0.383 e. The second-order valence-corrected chi connectivity index (χ2v) is 9.92. The molecule has 5 aromatic rings. The number of H-pyrrole nitrogens is 1. The number of thiophene rings is 1. The van der Waals surface area contributed by atoms with Gasteiger partial charge in [-0.25, -0.2) is 4.98 Å². The maximum absolute atomic E-state index is 13.5. The van der Waals surface area contributed by atoms with Gasteiger partial charge in [-0.3, -0.25) is 4.79 Å². The Morgan fingerprint density at radius 2 is 1.97 bits per heavy atom. The summed E-state index contributed by atoms with van der Waals surface area (Å²) in [7, 11) is 3.46. The van der Waals surface area contributed by atoms with Crippen LogP contribution < -0.4 is 0 Å². The molecule has 1 amide bonds. The minimum absolute atomic E-state index is 0.0295. The van der Waals surface area contributed by atoms with Crippen molar-refractivity contribution in [2.24, 2.45) is 0 Å². The van der Waals surface area contributed by atoms with Gasteiger partial charge >= 0.3 is 0 Å². The number of imidazole rings is 1. The Bertz CT molecular complexity index is 1430. The molecule has 0 aliphatic heterocycles. The highest BCUT2D eigenvalue weighted by Gasteiger charge is 2.28. The lowest BCUT2D eigenvalue weighted by Gasteiger charge is -2.23. The molecular weight excluding hydrogens is 468 g/mol. The number of amides is 1. The van der Waals surface area contributed by atoms with Crippen molar-refractivity contribution in [2.45, 2.75) is 18.9 Å². The number of aryl methyl sites for hydroxylation is 2. The van der Waals surface area contributed by atoms with Gasteiger partial charge in [-0.2, -0.15) is 0 Å². The summed E-state index contributed by atoms with van der Waals surface area (Å²) in [5.74, 6) is -0.193. The Kier molecular flexibility index (Phi) is 7.30. The van der Waals surface area contributed by atoms with Crippen LogP contribution in [0.2, 0.25) is 0 Å². The van der Waals surface area contributed by atoms with Gasteiger partial charge in [0.15, 0.2) is 0 Å². The molecule has 0 saturated heterocycles. The smallest absolute Gasteiger partial charge is 0.255 e. The molecule has 7 heteroatoms. The molecule has 0 aliphatic carbocycles. The first-order valence-electron chi connectivity index (χ1n) is 12.1. The van der Waals surface area contributed by atoms with E-state index in [1.807, 2.05) is 32.0 Å². The molecule has 36 heavy (non-hydrogen) atoms. The Morgan fingerprint density at radius 1 is 1.11 bits per heavy atom. The highest BCUT2D eigenvalue weighted by atomic mass is 32.1. The van der Waals surface area contributed by atoms with E-state index in [4.69, 9.17) is 4.74 Å². The Morgan fingerprint density at radius 3 is 2.81 bits per heavy atom. The minimum Gasteiger partial charge on any atom is -0.383 e. The second kappa shape index (κ2) is 10.9. The lowest BCUT2D eigenvalue weighted by molar-refractivity contribution is 0.0743. The fourth-order valence-electron chi connectivity index (χ4n) is 4.77. The molecule has 0 saturated carbocycles. The van der Waals surface area contributed by atoms with Gasteiger partial charge in [0.2, 0.25) is 0 Å². The first-order chi connectivity index (χ1) is 17.7. The number of nitrogens with zero attached hydrogens (tertiary/aromatic N) is 3. The molecule has 3 aromatic heterocycles. The van der Waals surface area contributed by atoms with Gasteiger partial charge in [-0.15, -0.1) is 11.3 Å². The van der Waals surface area contributed by atoms with Crippen LogP contribution in [0.15, 0.2) is 84.9 Å². The Balaban J connectivity index is 1.61. The highest BCUT2D eigenvalue weighted by Crippen LogP contribution is 2.38. The molecule has 1 unspecified atom stereocenters. The van der Waals surface area contributed by atoms with Crippen LogP contribution in [0.5, 0.6) is 0 Å².